The number of benzene rings is 2. The summed E-state index contributed by atoms with van der Waals surface area (Å²) in [5, 5.41) is 3.10. The predicted molar refractivity (Wildman–Crippen MR) is 136 cm³/mol. The summed E-state index contributed by atoms with van der Waals surface area (Å²) in [5.74, 6) is -0.147. The van der Waals surface area contributed by atoms with E-state index in [4.69, 9.17) is 10.7 Å². The standard InChI is InChI=1S/C27H34N4O/c1-4-20(2)13-14-29-21(3)25-18-24(31-15-6-5-7-16-31)11-12-26(25)30-27(32)23-10-8-9-22(17-23)19-28/h4,8-14,17-18,21H,1,5-7,15-16,19,28H2,2-3H3,(H,30,32)/b20-13-,29-14?. The van der Waals surface area contributed by atoms with Crippen LogP contribution in [-0.4, -0.2) is 25.2 Å². The van der Waals surface area contributed by atoms with Crippen molar-refractivity contribution >= 4 is 23.5 Å². The first-order valence-electron chi connectivity index (χ1n) is 11.3. The third-order valence-corrected chi connectivity index (χ3v) is 5.85. The van der Waals surface area contributed by atoms with Crippen molar-refractivity contribution in [2.75, 3.05) is 23.3 Å². The molecule has 0 aromatic heterocycles. The molecule has 0 saturated carbocycles. The zero-order chi connectivity index (χ0) is 22.9. The fourth-order valence-electron chi connectivity index (χ4n) is 3.83. The summed E-state index contributed by atoms with van der Waals surface area (Å²) in [4.78, 5) is 20.1. The minimum atomic E-state index is -0.147. The third kappa shape index (κ3) is 6.17. The molecule has 168 valence electrons. The first-order chi connectivity index (χ1) is 15.5. The molecule has 3 rings (SSSR count). The largest absolute Gasteiger partial charge is 0.372 e. The summed E-state index contributed by atoms with van der Waals surface area (Å²) in [6, 6.07) is 13.6. The number of piperidine rings is 1. The predicted octanol–water partition coefficient (Wildman–Crippen LogP) is 5.65. The molecule has 5 heteroatoms. The number of aliphatic imine (C=N–C) groups is 1. The van der Waals surface area contributed by atoms with E-state index in [1.165, 1.54) is 24.9 Å². The lowest BCUT2D eigenvalue weighted by Crippen LogP contribution is -2.29. The summed E-state index contributed by atoms with van der Waals surface area (Å²) in [7, 11) is 0. The van der Waals surface area contributed by atoms with Crippen LogP contribution < -0.4 is 16.0 Å². The van der Waals surface area contributed by atoms with E-state index in [2.05, 4.69) is 28.9 Å². The van der Waals surface area contributed by atoms with Gasteiger partial charge in [-0.25, -0.2) is 0 Å². The zero-order valence-electron chi connectivity index (χ0n) is 19.2. The van der Waals surface area contributed by atoms with Gasteiger partial charge in [-0.1, -0.05) is 30.4 Å². The maximum absolute atomic E-state index is 13.0. The Hall–Kier alpha value is -3.18. The Morgan fingerprint density at radius 3 is 2.72 bits per heavy atom. The second-order valence-electron chi connectivity index (χ2n) is 8.27. The Morgan fingerprint density at radius 2 is 2.00 bits per heavy atom. The maximum Gasteiger partial charge on any atom is 0.255 e. The smallest absolute Gasteiger partial charge is 0.255 e. The van der Waals surface area contributed by atoms with Crippen molar-refractivity contribution in [2.45, 2.75) is 45.7 Å². The van der Waals surface area contributed by atoms with Crippen molar-refractivity contribution in [1.29, 1.82) is 0 Å². The molecule has 1 atom stereocenters. The lowest BCUT2D eigenvalue weighted by Gasteiger charge is -2.30. The Morgan fingerprint density at radius 1 is 1.22 bits per heavy atom. The minimum absolute atomic E-state index is 0.112. The van der Waals surface area contributed by atoms with Gasteiger partial charge in [-0.2, -0.15) is 0 Å². The number of nitrogens with two attached hydrogens (primary N) is 1. The van der Waals surface area contributed by atoms with E-state index >= 15 is 0 Å². The molecule has 1 unspecified atom stereocenters. The number of allylic oxidation sites excluding steroid dienone is 3. The molecular formula is C27H34N4O. The normalized spacial score (nSPS) is 15.6. The van der Waals surface area contributed by atoms with Gasteiger partial charge in [0, 0.05) is 48.4 Å². The molecule has 32 heavy (non-hydrogen) atoms. The molecule has 1 saturated heterocycles. The van der Waals surface area contributed by atoms with Crippen LogP contribution >= 0.6 is 0 Å². The van der Waals surface area contributed by atoms with Crippen molar-refractivity contribution in [2.24, 2.45) is 10.7 Å². The second kappa shape index (κ2) is 11.4. The van der Waals surface area contributed by atoms with Gasteiger partial charge in [0.2, 0.25) is 0 Å². The van der Waals surface area contributed by atoms with Gasteiger partial charge in [-0.15, -0.1) is 0 Å². The molecule has 2 aromatic carbocycles. The van der Waals surface area contributed by atoms with Crippen LogP contribution in [0, 0.1) is 0 Å². The van der Waals surface area contributed by atoms with E-state index < -0.39 is 0 Å². The summed E-state index contributed by atoms with van der Waals surface area (Å²) in [6.07, 6.45) is 9.26. The number of anilines is 2. The molecule has 1 aliphatic rings. The Labute approximate surface area is 191 Å². The topological polar surface area (TPSA) is 70.7 Å². The van der Waals surface area contributed by atoms with Crippen LogP contribution in [-0.2, 0) is 6.54 Å². The summed E-state index contributed by atoms with van der Waals surface area (Å²) < 4.78 is 0. The Bertz CT molecular complexity index is 1000. The van der Waals surface area contributed by atoms with Crippen LogP contribution in [0.25, 0.3) is 0 Å². The lowest BCUT2D eigenvalue weighted by atomic mass is 10.0. The maximum atomic E-state index is 13.0. The number of hydrogen-bond donors (Lipinski definition) is 2. The number of carbonyl (C=O) groups excluding carboxylic acids is 1. The van der Waals surface area contributed by atoms with Gasteiger partial charge in [0.25, 0.3) is 5.91 Å². The molecule has 1 amide bonds. The van der Waals surface area contributed by atoms with Crippen LogP contribution in [0.2, 0.25) is 0 Å². The summed E-state index contributed by atoms with van der Waals surface area (Å²) >= 11 is 0. The fraction of sp³-hybridized carbons (Fsp3) is 0.333. The van der Waals surface area contributed by atoms with Crippen LogP contribution in [0.5, 0.6) is 0 Å². The summed E-state index contributed by atoms with van der Waals surface area (Å²) in [5.41, 5.74) is 11.3. The first kappa shape index (κ1) is 23.5. The van der Waals surface area contributed by atoms with E-state index in [1.807, 2.05) is 50.4 Å². The number of rotatable bonds is 8. The quantitative estimate of drug-likeness (QED) is 0.420. The Balaban J connectivity index is 1.90. The molecular weight excluding hydrogens is 396 g/mol. The van der Waals surface area contributed by atoms with Gasteiger partial charge in [0.1, 0.15) is 0 Å². The lowest BCUT2D eigenvalue weighted by molar-refractivity contribution is 0.102. The Kier molecular flexibility index (Phi) is 8.40. The van der Waals surface area contributed by atoms with Crippen molar-refractivity contribution in [3.05, 3.63) is 83.5 Å². The average molecular weight is 431 g/mol. The highest BCUT2D eigenvalue weighted by atomic mass is 16.1. The molecule has 5 nitrogen and oxygen atoms in total. The van der Waals surface area contributed by atoms with Gasteiger partial charge >= 0.3 is 0 Å². The van der Waals surface area contributed by atoms with Crippen molar-refractivity contribution in [3.63, 3.8) is 0 Å². The molecule has 2 aromatic rings. The van der Waals surface area contributed by atoms with Crippen molar-refractivity contribution in [3.8, 4) is 0 Å². The SMILES string of the molecule is C=C/C(C)=C\C=NC(C)c1cc(N2CCCCC2)ccc1NC(=O)c1cccc(CN)c1. The van der Waals surface area contributed by atoms with Crippen LogP contribution in [0.1, 0.15) is 60.6 Å². The highest BCUT2D eigenvalue weighted by Gasteiger charge is 2.17. The molecule has 0 radical (unpaired) electrons. The van der Waals surface area contributed by atoms with Gasteiger partial charge in [-0.05, 0) is 75.1 Å². The van der Waals surface area contributed by atoms with Gasteiger partial charge in [0.05, 0.1) is 6.04 Å². The molecule has 3 N–H and O–H groups in total. The van der Waals surface area contributed by atoms with Gasteiger partial charge in [0.15, 0.2) is 0 Å². The first-order valence-corrected chi connectivity index (χ1v) is 11.3. The molecule has 1 heterocycles. The van der Waals surface area contributed by atoms with Crippen molar-refractivity contribution in [1.82, 2.24) is 0 Å². The van der Waals surface area contributed by atoms with E-state index in [-0.39, 0.29) is 11.9 Å². The summed E-state index contributed by atoms with van der Waals surface area (Å²) in [6.45, 7) is 10.3. The minimum Gasteiger partial charge on any atom is -0.372 e. The van der Waals surface area contributed by atoms with E-state index in [9.17, 15) is 4.79 Å². The molecule has 0 aliphatic carbocycles. The van der Waals surface area contributed by atoms with E-state index in [1.54, 1.807) is 12.1 Å². The van der Waals surface area contributed by atoms with Gasteiger partial charge in [-0.3, -0.25) is 9.79 Å². The number of nitrogens with one attached hydrogen (secondary N) is 1. The average Bonchev–Trinajstić information content (AvgIpc) is 2.84. The second-order valence-corrected chi connectivity index (χ2v) is 8.27. The van der Waals surface area contributed by atoms with Crippen LogP contribution in [0.3, 0.4) is 0 Å². The fourth-order valence-corrected chi connectivity index (χ4v) is 3.83. The molecule has 0 spiro atoms. The van der Waals surface area contributed by atoms with Crippen LogP contribution in [0.15, 0.2) is 71.8 Å². The molecule has 1 aliphatic heterocycles. The van der Waals surface area contributed by atoms with E-state index in [0.717, 1.165) is 35.5 Å². The number of hydrogen-bond acceptors (Lipinski definition) is 4. The van der Waals surface area contributed by atoms with Gasteiger partial charge < -0.3 is 16.0 Å². The molecule has 1 fully saturated rings. The number of amides is 1. The number of nitrogens with zero attached hydrogens (tertiary/aromatic N) is 2. The molecule has 0 bridgehead atoms. The van der Waals surface area contributed by atoms with E-state index in [0.29, 0.717) is 12.1 Å². The zero-order valence-corrected chi connectivity index (χ0v) is 19.2. The van der Waals surface area contributed by atoms with Crippen LogP contribution in [0.4, 0.5) is 11.4 Å². The third-order valence-electron chi connectivity index (χ3n) is 5.85. The monoisotopic (exact) mass is 430 g/mol. The highest BCUT2D eigenvalue weighted by Crippen LogP contribution is 2.31. The number of carbonyl (C=O) groups is 1. The van der Waals surface area contributed by atoms with Crippen molar-refractivity contribution < 1.29 is 4.79 Å². The highest BCUT2D eigenvalue weighted by molar-refractivity contribution is 6.05.